The Morgan fingerprint density at radius 2 is 1.85 bits per heavy atom. The van der Waals surface area contributed by atoms with Crippen molar-refractivity contribution in [3.8, 4) is 0 Å². The highest BCUT2D eigenvalue weighted by molar-refractivity contribution is 7.98. The van der Waals surface area contributed by atoms with E-state index in [1.807, 2.05) is 6.20 Å². The molecule has 2 nitrogen and oxygen atoms in total. The van der Waals surface area contributed by atoms with Crippen LogP contribution in [0.4, 0.5) is 5.69 Å². The monoisotopic (exact) mass is 282 g/mol. The van der Waals surface area contributed by atoms with Crippen LogP contribution in [0.3, 0.4) is 0 Å². The summed E-state index contributed by atoms with van der Waals surface area (Å²) in [4.78, 5) is 4.51. The average Bonchev–Trinajstić information content (AvgIpc) is 2.95. The molecular formula is C17H18N2S. The van der Waals surface area contributed by atoms with Crippen LogP contribution in [0.2, 0.25) is 0 Å². The predicted octanol–water partition coefficient (Wildman–Crippen LogP) is 5.06. The number of benzene rings is 2. The summed E-state index contributed by atoms with van der Waals surface area (Å²) in [5, 5.41) is 4.79. The highest BCUT2D eigenvalue weighted by Gasteiger charge is 2.06. The molecular weight excluding hydrogens is 264 g/mol. The number of rotatable bonds is 4. The maximum absolute atomic E-state index is 3.56. The lowest BCUT2D eigenvalue weighted by Gasteiger charge is -2.16. The lowest BCUT2D eigenvalue weighted by atomic mass is 10.1. The van der Waals surface area contributed by atoms with Crippen LogP contribution in [-0.2, 0) is 0 Å². The van der Waals surface area contributed by atoms with Crippen molar-refractivity contribution in [3.63, 3.8) is 0 Å². The molecule has 2 aromatic carbocycles. The summed E-state index contributed by atoms with van der Waals surface area (Å²) in [6, 6.07) is 17.5. The van der Waals surface area contributed by atoms with E-state index >= 15 is 0 Å². The SMILES string of the molecule is CSc1ccc(C(C)Nc2ccc3[nH]ccc3c2)cc1. The van der Waals surface area contributed by atoms with Gasteiger partial charge in [-0.3, -0.25) is 0 Å². The Labute approximate surface area is 123 Å². The minimum Gasteiger partial charge on any atom is -0.379 e. The van der Waals surface area contributed by atoms with Crippen molar-refractivity contribution in [2.45, 2.75) is 17.9 Å². The molecule has 1 atom stereocenters. The summed E-state index contributed by atoms with van der Waals surface area (Å²) in [7, 11) is 0. The minimum atomic E-state index is 0.294. The predicted molar refractivity (Wildman–Crippen MR) is 88.6 cm³/mol. The van der Waals surface area contributed by atoms with Gasteiger partial charge in [-0.15, -0.1) is 11.8 Å². The highest BCUT2D eigenvalue weighted by Crippen LogP contribution is 2.24. The summed E-state index contributed by atoms with van der Waals surface area (Å²) >= 11 is 1.77. The Hall–Kier alpha value is -1.87. The van der Waals surface area contributed by atoms with Gasteiger partial charge in [-0.1, -0.05) is 12.1 Å². The van der Waals surface area contributed by atoms with E-state index in [1.165, 1.54) is 21.4 Å². The van der Waals surface area contributed by atoms with E-state index in [0.717, 1.165) is 5.69 Å². The molecule has 1 heterocycles. The van der Waals surface area contributed by atoms with Crippen molar-refractivity contribution in [2.75, 3.05) is 11.6 Å². The molecule has 0 fully saturated rings. The molecule has 0 aliphatic rings. The van der Waals surface area contributed by atoms with Gasteiger partial charge in [0.1, 0.15) is 0 Å². The molecule has 102 valence electrons. The van der Waals surface area contributed by atoms with Crippen LogP contribution in [0, 0.1) is 0 Å². The van der Waals surface area contributed by atoms with Crippen LogP contribution in [0.25, 0.3) is 10.9 Å². The normalized spacial score (nSPS) is 12.5. The van der Waals surface area contributed by atoms with Gasteiger partial charge in [-0.05, 0) is 55.1 Å². The smallest absolute Gasteiger partial charge is 0.0485 e. The first-order chi connectivity index (χ1) is 9.76. The fraction of sp³-hybridized carbons (Fsp3) is 0.176. The van der Waals surface area contributed by atoms with Crippen LogP contribution in [0.1, 0.15) is 18.5 Å². The molecule has 0 radical (unpaired) electrons. The van der Waals surface area contributed by atoms with E-state index in [9.17, 15) is 0 Å². The van der Waals surface area contributed by atoms with E-state index < -0.39 is 0 Å². The zero-order valence-corrected chi connectivity index (χ0v) is 12.5. The van der Waals surface area contributed by atoms with Gasteiger partial charge in [0, 0.05) is 33.7 Å². The van der Waals surface area contributed by atoms with Crippen molar-refractivity contribution in [1.82, 2.24) is 4.98 Å². The molecule has 0 bridgehead atoms. The van der Waals surface area contributed by atoms with Gasteiger partial charge in [0.25, 0.3) is 0 Å². The number of H-pyrrole nitrogens is 1. The van der Waals surface area contributed by atoms with Gasteiger partial charge in [-0.25, -0.2) is 0 Å². The van der Waals surface area contributed by atoms with Crippen LogP contribution < -0.4 is 5.32 Å². The molecule has 3 aromatic rings. The third kappa shape index (κ3) is 2.68. The lowest BCUT2D eigenvalue weighted by Crippen LogP contribution is -2.06. The molecule has 2 N–H and O–H groups in total. The fourth-order valence-corrected chi connectivity index (χ4v) is 2.78. The maximum atomic E-state index is 3.56. The Morgan fingerprint density at radius 1 is 1.05 bits per heavy atom. The molecule has 0 aliphatic carbocycles. The van der Waals surface area contributed by atoms with E-state index in [0.29, 0.717) is 6.04 Å². The molecule has 0 saturated heterocycles. The third-order valence-corrected chi connectivity index (χ3v) is 4.30. The van der Waals surface area contributed by atoms with Crippen molar-refractivity contribution < 1.29 is 0 Å². The van der Waals surface area contributed by atoms with E-state index in [4.69, 9.17) is 0 Å². The van der Waals surface area contributed by atoms with Gasteiger partial charge in [0.05, 0.1) is 0 Å². The Kier molecular flexibility index (Phi) is 3.70. The zero-order valence-electron chi connectivity index (χ0n) is 11.7. The largest absolute Gasteiger partial charge is 0.379 e. The fourth-order valence-electron chi connectivity index (χ4n) is 2.37. The molecule has 0 spiro atoms. The molecule has 3 heteroatoms. The molecule has 3 rings (SSSR count). The number of hydrogen-bond acceptors (Lipinski definition) is 2. The molecule has 0 saturated carbocycles. The molecule has 1 unspecified atom stereocenters. The van der Waals surface area contributed by atoms with Crippen LogP contribution in [0.15, 0.2) is 59.6 Å². The standard InChI is InChI=1S/C17H18N2S/c1-12(13-3-6-16(20-2)7-4-13)19-15-5-8-17-14(11-15)9-10-18-17/h3-12,18-19H,1-2H3. The quantitative estimate of drug-likeness (QED) is 0.654. The van der Waals surface area contributed by atoms with E-state index in [-0.39, 0.29) is 0 Å². The number of nitrogens with one attached hydrogen (secondary N) is 2. The highest BCUT2D eigenvalue weighted by atomic mass is 32.2. The second-order valence-electron chi connectivity index (χ2n) is 4.92. The minimum absolute atomic E-state index is 0.294. The summed E-state index contributed by atoms with van der Waals surface area (Å²) < 4.78 is 0. The molecule has 0 aliphatic heterocycles. The molecule has 20 heavy (non-hydrogen) atoms. The topological polar surface area (TPSA) is 27.8 Å². The van der Waals surface area contributed by atoms with Crippen molar-refractivity contribution in [2.24, 2.45) is 0 Å². The lowest BCUT2D eigenvalue weighted by molar-refractivity contribution is 0.883. The van der Waals surface area contributed by atoms with E-state index in [2.05, 4.69) is 72.0 Å². The second kappa shape index (κ2) is 5.63. The third-order valence-electron chi connectivity index (χ3n) is 3.55. The van der Waals surface area contributed by atoms with E-state index in [1.54, 1.807) is 11.8 Å². The number of hydrogen-bond donors (Lipinski definition) is 2. The molecule has 0 amide bonds. The Morgan fingerprint density at radius 3 is 2.60 bits per heavy atom. The second-order valence-corrected chi connectivity index (χ2v) is 5.80. The summed E-state index contributed by atoms with van der Waals surface area (Å²) in [6.07, 6.45) is 4.07. The van der Waals surface area contributed by atoms with Crippen LogP contribution in [-0.4, -0.2) is 11.2 Å². The molecule has 1 aromatic heterocycles. The van der Waals surface area contributed by atoms with Gasteiger partial charge >= 0.3 is 0 Å². The first kappa shape index (κ1) is 13.1. The maximum Gasteiger partial charge on any atom is 0.0485 e. The van der Waals surface area contributed by atoms with Gasteiger partial charge in [-0.2, -0.15) is 0 Å². The van der Waals surface area contributed by atoms with Crippen LogP contribution in [0.5, 0.6) is 0 Å². The van der Waals surface area contributed by atoms with Gasteiger partial charge in [0.2, 0.25) is 0 Å². The summed E-state index contributed by atoms with van der Waals surface area (Å²) in [6.45, 7) is 2.19. The first-order valence-electron chi connectivity index (χ1n) is 6.74. The zero-order chi connectivity index (χ0) is 13.9. The number of thioether (sulfide) groups is 1. The van der Waals surface area contributed by atoms with Crippen molar-refractivity contribution in [1.29, 1.82) is 0 Å². The number of anilines is 1. The van der Waals surface area contributed by atoms with Crippen LogP contribution >= 0.6 is 11.8 Å². The number of aromatic amines is 1. The first-order valence-corrected chi connectivity index (χ1v) is 7.96. The average molecular weight is 282 g/mol. The Balaban J connectivity index is 1.78. The van der Waals surface area contributed by atoms with Crippen molar-refractivity contribution >= 4 is 28.4 Å². The van der Waals surface area contributed by atoms with Gasteiger partial charge < -0.3 is 10.3 Å². The summed E-state index contributed by atoms with van der Waals surface area (Å²) in [5.41, 5.74) is 3.63. The number of fused-ring (bicyclic) bond motifs is 1. The summed E-state index contributed by atoms with van der Waals surface area (Å²) in [5.74, 6) is 0. The van der Waals surface area contributed by atoms with Crippen molar-refractivity contribution in [3.05, 3.63) is 60.3 Å². The van der Waals surface area contributed by atoms with Gasteiger partial charge in [0.15, 0.2) is 0 Å². The Bertz CT molecular complexity index is 700. The number of aromatic nitrogens is 1.